The third-order valence-corrected chi connectivity index (χ3v) is 12.5. The summed E-state index contributed by atoms with van der Waals surface area (Å²) in [6.07, 6.45) is 0. The molecule has 1 unspecified atom stereocenters. The van der Waals surface area contributed by atoms with E-state index in [1.807, 2.05) is 84.9 Å². The first-order valence-corrected chi connectivity index (χ1v) is 20.7. The number of rotatable bonds is 5. The summed E-state index contributed by atoms with van der Waals surface area (Å²) >= 11 is 0. The highest BCUT2D eigenvalue weighted by atomic mass is 16.3. The highest BCUT2D eigenvalue weighted by Crippen LogP contribution is 2.51. The van der Waals surface area contributed by atoms with E-state index in [9.17, 15) is 0 Å². The summed E-state index contributed by atoms with van der Waals surface area (Å²) in [5.74, 6) is 0.221. The average Bonchev–Trinajstić information content (AvgIpc) is 3.96. The summed E-state index contributed by atoms with van der Waals surface area (Å²) in [5.41, 5.74) is 15.9. The molecule has 8 aromatic carbocycles. The number of benzene rings is 8. The van der Waals surface area contributed by atoms with Crippen molar-refractivity contribution in [2.45, 2.75) is 5.92 Å². The molecule has 10 heteroatoms. The van der Waals surface area contributed by atoms with Crippen LogP contribution in [-0.4, -0.2) is 61.6 Å². The molecule has 0 saturated carbocycles. The minimum atomic E-state index is -0.398. The van der Waals surface area contributed by atoms with Crippen molar-refractivity contribution in [3.8, 4) is 50.7 Å². The molecule has 0 fully saturated rings. The summed E-state index contributed by atoms with van der Waals surface area (Å²) in [6, 6.07) is 52.4. The quantitative estimate of drug-likeness (QED) is 0.190. The molecular weight excluding hydrogens is 759 g/mol. The molecule has 1 atom stereocenters. The van der Waals surface area contributed by atoms with E-state index in [1.54, 1.807) is 12.1 Å². The number of para-hydroxylation sites is 1. The predicted octanol–water partition coefficient (Wildman–Crippen LogP) is 6.40. The second kappa shape index (κ2) is 14.2. The Hall–Kier alpha value is -7.17. The highest BCUT2D eigenvalue weighted by Gasteiger charge is 2.37. The zero-order chi connectivity index (χ0) is 42.7. The Morgan fingerprint density at radius 3 is 1.83 bits per heavy atom. The molecule has 0 amide bonds. The van der Waals surface area contributed by atoms with Crippen LogP contribution in [0, 0.1) is 0 Å². The van der Waals surface area contributed by atoms with Crippen LogP contribution in [0.3, 0.4) is 0 Å². The maximum Gasteiger partial charge on any atom is 0.160 e. The predicted molar refractivity (Wildman–Crippen MR) is 265 cm³/mol. The van der Waals surface area contributed by atoms with Gasteiger partial charge in [0.25, 0.3) is 0 Å². The maximum absolute atomic E-state index is 7.15. The smallest absolute Gasteiger partial charge is 0.160 e. The van der Waals surface area contributed by atoms with Gasteiger partial charge in [-0.3, -0.25) is 0 Å². The molecule has 63 heavy (non-hydrogen) atoms. The molecule has 12 radical (unpaired) electrons. The molecule has 1 aliphatic rings. The average molecular weight is 787 g/mol. The topological polar surface area (TPSA) is 43.9 Å². The molecule has 4 nitrogen and oxygen atoms in total. The summed E-state index contributed by atoms with van der Waals surface area (Å²) in [4.78, 5) is 10.2. The van der Waals surface area contributed by atoms with Crippen molar-refractivity contribution < 1.29 is 4.42 Å². The van der Waals surface area contributed by atoms with Crippen LogP contribution in [0.2, 0.25) is 0 Å². The third kappa shape index (κ3) is 5.77. The van der Waals surface area contributed by atoms with E-state index >= 15 is 0 Å². The van der Waals surface area contributed by atoms with Crippen molar-refractivity contribution >= 4 is 124 Å². The van der Waals surface area contributed by atoms with Gasteiger partial charge in [0.2, 0.25) is 0 Å². The lowest BCUT2D eigenvalue weighted by molar-refractivity contribution is 0.668. The number of fused-ring (bicyclic) bond motifs is 10. The Labute approximate surface area is 371 Å². The van der Waals surface area contributed by atoms with Gasteiger partial charge in [0.05, 0.1) is 16.9 Å². The van der Waals surface area contributed by atoms with Crippen LogP contribution in [0.5, 0.6) is 0 Å². The lowest BCUT2D eigenvalue weighted by Crippen LogP contribution is -2.29. The van der Waals surface area contributed by atoms with E-state index in [2.05, 4.69) is 65.2 Å². The third-order valence-electron chi connectivity index (χ3n) is 12.5. The molecule has 0 saturated heterocycles. The second-order valence-corrected chi connectivity index (χ2v) is 16.3. The van der Waals surface area contributed by atoms with E-state index in [0.29, 0.717) is 44.2 Å². The van der Waals surface area contributed by atoms with Crippen molar-refractivity contribution in [2.75, 3.05) is 0 Å². The number of furan rings is 1. The van der Waals surface area contributed by atoms with Crippen LogP contribution < -0.4 is 32.8 Å². The molecule has 0 N–H and O–H groups in total. The number of nitrogens with zero attached hydrogens (tertiary/aromatic N) is 3. The number of aromatic nitrogens is 3. The monoisotopic (exact) mass is 787 g/mol. The van der Waals surface area contributed by atoms with Gasteiger partial charge in [0.1, 0.15) is 58.2 Å². The van der Waals surface area contributed by atoms with Gasteiger partial charge in [-0.1, -0.05) is 148 Å². The van der Waals surface area contributed by atoms with Crippen molar-refractivity contribution in [1.29, 1.82) is 0 Å². The molecule has 11 aromatic rings. The Balaban J connectivity index is 1.08. The summed E-state index contributed by atoms with van der Waals surface area (Å²) in [5, 5.41) is 3.46. The van der Waals surface area contributed by atoms with Gasteiger partial charge in [0, 0.05) is 55.4 Å². The van der Waals surface area contributed by atoms with Crippen LogP contribution >= 0.6 is 0 Å². The largest absolute Gasteiger partial charge is 0.456 e. The molecular formula is C53H27B6N3O. The molecule has 12 rings (SSSR count). The van der Waals surface area contributed by atoms with Crippen molar-refractivity contribution in [3.63, 3.8) is 0 Å². The first kappa shape index (κ1) is 37.6. The Kier molecular flexibility index (Phi) is 8.46. The first-order chi connectivity index (χ1) is 30.7. The zero-order valence-corrected chi connectivity index (χ0v) is 33.8. The first-order valence-electron chi connectivity index (χ1n) is 20.7. The van der Waals surface area contributed by atoms with Gasteiger partial charge >= 0.3 is 0 Å². The molecule has 0 aliphatic heterocycles. The Bertz CT molecular complexity index is 3640. The summed E-state index contributed by atoms with van der Waals surface area (Å²) in [6.45, 7) is 0. The Morgan fingerprint density at radius 1 is 0.476 bits per heavy atom. The van der Waals surface area contributed by atoms with Gasteiger partial charge in [-0.15, -0.1) is 0 Å². The van der Waals surface area contributed by atoms with Crippen LogP contribution in [0.4, 0.5) is 0 Å². The molecule has 0 spiro atoms. The minimum Gasteiger partial charge on any atom is -0.456 e. The van der Waals surface area contributed by atoms with E-state index in [1.165, 1.54) is 0 Å². The lowest BCUT2D eigenvalue weighted by Gasteiger charge is -2.21. The fourth-order valence-corrected chi connectivity index (χ4v) is 9.85. The van der Waals surface area contributed by atoms with Gasteiger partial charge in [0.15, 0.2) is 5.82 Å². The van der Waals surface area contributed by atoms with E-state index in [-0.39, 0.29) is 0 Å². The van der Waals surface area contributed by atoms with Crippen LogP contribution in [0.1, 0.15) is 22.6 Å². The number of hydrogen-bond acceptors (Lipinski definition) is 3. The van der Waals surface area contributed by atoms with Crippen LogP contribution in [-0.2, 0) is 0 Å². The van der Waals surface area contributed by atoms with Crippen molar-refractivity contribution in [1.82, 2.24) is 14.5 Å². The van der Waals surface area contributed by atoms with E-state index < -0.39 is 5.92 Å². The SMILES string of the molecule is [B]c1cc([B])c2c(c1)-c1c([B])c([B])c3c4cc([B])cc([B])c4n(-c4ccccc4)c3c1C2c1ccc2c(c1)oc1ccc(-c3nc(-c4ccccc4)cc(-c4ccccc4)n3)cc12. The van der Waals surface area contributed by atoms with Crippen LogP contribution in [0.25, 0.3) is 94.5 Å². The van der Waals surface area contributed by atoms with Gasteiger partial charge in [-0.05, 0) is 70.3 Å². The minimum absolute atomic E-state index is 0.398. The van der Waals surface area contributed by atoms with Crippen molar-refractivity contribution in [3.05, 3.63) is 174 Å². The second-order valence-electron chi connectivity index (χ2n) is 16.3. The summed E-state index contributed by atoms with van der Waals surface area (Å²) in [7, 11) is 41.1. The van der Waals surface area contributed by atoms with Crippen molar-refractivity contribution in [2.24, 2.45) is 0 Å². The summed E-state index contributed by atoms with van der Waals surface area (Å²) < 4.78 is 8.86. The fourth-order valence-electron chi connectivity index (χ4n) is 9.85. The van der Waals surface area contributed by atoms with E-state index in [4.69, 9.17) is 61.5 Å². The zero-order valence-electron chi connectivity index (χ0n) is 33.8. The fraction of sp³-hybridized carbons (Fsp3) is 0.0189. The molecule has 3 heterocycles. The molecule has 3 aromatic heterocycles. The number of hydrogen-bond donors (Lipinski definition) is 0. The van der Waals surface area contributed by atoms with Gasteiger partial charge in [-0.2, -0.15) is 0 Å². The molecule has 278 valence electrons. The maximum atomic E-state index is 7.15. The highest BCUT2D eigenvalue weighted by molar-refractivity contribution is 6.58. The standard InChI is InChI=1S/C53H27B6N3O/c54-31-22-36-45(38(56)24-31)44(48-46(36)49(58)50(59)47-37-23-32(55)25-39(57)51(37)62(52(47)48)33-14-8-3-9-15-33)29-16-18-34-35-20-30(17-19-42(35)63-43(34)21-29)53-60-40(27-10-4-1-5-11-27)26-41(61-53)28-12-6-2-7-13-28/h1-26,44H. The molecule has 0 bridgehead atoms. The normalized spacial score (nSPS) is 13.3. The Morgan fingerprint density at radius 2 is 1.13 bits per heavy atom. The lowest BCUT2D eigenvalue weighted by atomic mass is 9.72. The van der Waals surface area contributed by atoms with Crippen LogP contribution in [0.15, 0.2) is 162 Å². The van der Waals surface area contributed by atoms with Gasteiger partial charge in [-0.25, -0.2) is 9.97 Å². The van der Waals surface area contributed by atoms with Gasteiger partial charge < -0.3 is 8.98 Å². The molecule has 1 aliphatic carbocycles. The van der Waals surface area contributed by atoms with E-state index in [0.717, 1.165) is 99.7 Å².